The number of carboxylic acid groups (broad SMARTS) is 1. The summed E-state index contributed by atoms with van der Waals surface area (Å²) in [6, 6.07) is 0. The van der Waals surface area contributed by atoms with Crippen molar-refractivity contribution in [1.82, 2.24) is 5.48 Å². The molecule has 0 aromatic rings. The van der Waals surface area contributed by atoms with Crippen LogP contribution in [0.2, 0.25) is 0 Å². The molecule has 0 radical (unpaired) electrons. The van der Waals surface area contributed by atoms with Gasteiger partial charge >= 0.3 is 5.97 Å². The van der Waals surface area contributed by atoms with Crippen molar-refractivity contribution < 1.29 is 25.0 Å². The summed E-state index contributed by atoms with van der Waals surface area (Å²) in [5.74, 6) is -0.355. The highest BCUT2D eigenvalue weighted by atomic mass is 16.6. The van der Waals surface area contributed by atoms with Crippen molar-refractivity contribution in [2.75, 3.05) is 6.61 Å². The zero-order valence-corrected chi connectivity index (χ0v) is 13.1. The first-order valence-electron chi connectivity index (χ1n) is 8.20. The van der Waals surface area contributed by atoms with Crippen LogP contribution in [0.4, 0.5) is 0 Å². The van der Waals surface area contributed by atoms with Crippen LogP contribution >= 0.6 is 0 Å². The molecular weight excluding hydrogens is 286 g/mol. The molecule has 22 heavy (non-hydrogen) atoms. The van der Waals surface area contributed by atoms with Crippen LogP contribution in [-0.2, 0) is 9.63 Å². The van der Waals surface area contributed by atoms with Crippen molar-refractivity contribution in [1.29, 1.82) is 0 Å². The molecule has 0 amide bonds. The van der Waals surface area contributed by atoms with Gasteiger partial charge in [0.2, 0.25) is 0 Å². The Kier molecular flexibility index (Phi) is 6.23. The molecule has 2 aliphatic carbocycles. The molecule has 0 heterocycles. The highest BCUT2D eigenvalue weighted by molar-refractivity contribution is 5.66. The van der Waals surface area contributed by atoms with Crippen LogP contribution in [0.15, 0.2) is 11.3 Å². The van der Waals surface area contributed by atoms with Crippen LogP contribution < -0.4 is 5.48 Å². The summed E-state index contributed by atoms with van der Waals surface area (Å²) in [4.78, 5) is 15.7. The third-order valence-corrected chi connectivity index (χ3v) is 4.81. The van der Waals surface area contributed by atoms with Crippen molar-refractivity contribution >= 4 is 5.97 Å². The van der Waals surface area contributed by atoms with Crippen molar-refractivity contribution in [2.24, 2.45) is 11.8 Å². The van der Waals surface area contributed by atoms with Gasteiger partial charge in [-0.3, -0.25) is 15.1 Å². The summed E-state index contributed by atoms with van der Waals surface area (Å²) in [5, 5.41) is 28.5. The maximum absolute atomic E-state index is 10.4. The standard InChI is InChI=1S/C16H27NO5/c1-2-11(18)6-5-10-8-12-13(16(10)21)9-14(12)17-22-7-3-4-15(19)20/h10-11,13,16-18,21H,2-9H2,1H3,(H,19,20). The number of carboxylic acids is 1. The molecule has 126 valence electrons. The van der Waals surface area contributed by atoms with Gasteiger partial charge < -0.3 is 15.3 Å². The average molecular weight is 313 g/mol. The van der Waals surface area contributed by atoms with E-state index in [4.69, 9.17) is 9.94 Å². The van der Waals surface area contributed by atoms with Crippen LogP contribution in [0, 0.1) is 11.8 Å². The number of aliphatic carboxylic acids is 1. The fraction of sp³-hybridized carbons (Fsp3) is 0.812. The SMILES string of the molecule is CCC(O)CCC1CC2=C(NOCCCC(=O)O)CC2C1O. The van der Waals surface area contributed by atoms with E-state index in [1.807, 2.05) is 6.92 Å². The molecule has 0 aromatic heterocycles. The van der Waals surface area contributed by atoms with E-state index in [0.717, 1.165) is 37.8 Å². The van der Waals surface area contributed by atoms with Crippen LogP contribution in [0.5, 0.6) is 0 Å². The number of hydrogen-bond donors (Lipinski definition) is 4. The van der Waals surface area contributed by atoms with Crippen molar-refractivity contribution in [2.45, 2.75) is 64.1 Å². The zero-order chi connectivity index (χ0) is 16.1. The monoisotopic (exact) mass is 313 g/mol. The maximum atomic E-state index is 10.4. The Labute approximate surface area is 131 Å². The Morgan fingerprint density at radius 1 is 1.45 bits per heavy atom. The lowest BCUT2D eigenvalue weighted by Gasteiger charge is -2.30. The topological polar surface area (TPSA) is 99.0 Å². The fourth-order valence-electron chi connectivity index (χ4n) is 3.32. The number of hydroxylamine groups is 1. The molecule has 1 saturated carbocycles. The number of nitrogens with one attached hydrogen (secondary N) is 1. The third-order valence-electron chi connectivity index (χ3n) is 4.81. The summed E-state index contributed by atoms with van der Waals surface area (Å²) in [5.41, 5.74) is 5.19. The molecular formula is C16H27NO5. The average Bonchev–Trinajstić information content (AvgIpc) is 2.71. The Morgan fingerprint density at radius 2 is 2.23 bits per heavy atom. The summed E-state index contributed by atoms with van der Waals surface area (Å²) in [7, 11) is 0. The first kappa shape index (κ1) is 17.2. The molecule has 2 rings (SSSR count). The largest absolute Gasteiger partial charge is 0.481 e. The van der Waals surface area contributed by atoms with Gasteiger partial charge in [-0.1, -0.05) is 6.92 Å². The summed E-state index contributed by atoms with van der Waals surface area (Å²) in [6.45, 7) is 2.33. The molecule has 4 N–H and O–H groups in total. The Hall–Kier alpha value is -1.11. The normalized spacial score (nSPS) is 28.2. The van der Waals surface area contributed by atoms with Gasteiger partial charge in [0.15, 0.2) is 0 Å². The summed E-state index contributed by atoms with van der Waals surface area (Å²) >= 11 is 0. The van der Waals surface area contributed by atoms with Gasteiger partial charge in [-0.25, -0.2) is 0 Å². The fourth-order valence-corrected chi connectivity index (χ4v) is 3.32. The summed E-state index contributed by atoms with van der Waals surface area (Å²) < 4.78 is 0. The van der Waals surface area contributed by atoms with Gasteiger partial charge in [0.25, 0.3) is 0 Å². The van der Waals surface area contributed by atoms with Gasteiger partial charge in [0, 0.05) is 18.0 Å². The number of allylic oxidation sites excluding steroid dienone is 1. The van der Waals surface area contributed by atoms with E-state index in [1.165, 1.54) is 5.57 Å². The lowest BCUT2D eigenvalue weighted by molar-refractivity contribution is -0.137. The van der Waals surface area contributed by atoms with Crippen LogP contribution in [0.3, 0.4) is 0 Å². The molecule has 0 saturated heterocycles. The minimum atomic E-state index is -0.814. The van der Waals surface area contributed by atoms with Crippen LogP contribution in [0.25, 0.3) is 0 Å². The number of aliphatic hydroxyl groups is 2. The number of carbonyl (C=O) groups is 1. The lowest BCUT2D eigenvalue weighted by Crippen LogP contribution is -2.32. The van der Waals surface area contributed by atoms with Gasteiger partial charge in [-0.2, -0.15) is 0 Å². The van der Waals surface area contributed by atoms with E-state index in [-0.39, 0.29) is 30.5 Å². The number of rotatable bonds is 10. The second-order valence-corrected chi connectivity index (χ2v) is 6.36. The molecule has 6 heteroatoms. The lowest BCUT2D eigenvalue weighted by atomic mass is 9.83. The van der Waals surface area contributed by atoms with Crippen LogP contribution in [-0.4, -0.2) is 40.1 Å². The van der Waals surface area contributed by atoms with Gasteiger partial charge in [-0.15, -0.1) is 0 Å². The molecule has 4 unspecified atom stereocenters. The Bertz CT molecular complexity index is 423. The molecule has 4 atom stereocenters. The van der Waals surface area contributed by atoms with Crippen molar-refractivity contribution in [3.05, 3.63) is 11.3 Å². The minimum Gasteiger partial charge on any atom is -0.481 e. The predicted molar refractivity (Wildman–Crippen MR) is 80.7 cm³/mol. The van der Waals surface area contributed by atoms with E-state index in [0.29, 0.717) is 13.0 Å². The molecule has 0 aromatic carbocycles. The second kappa shape index (κ2) is 7.94. The molecule has 6 nitrogen and oxygen atoms in total. The highest BCUT2D eigenvalue weighted by Crippen LogP contribution is 2.49. The molecule has 2 aliphatic rings. The summed E-state index contributed by atoms with van der Waals surface area (Å²) in [6.07, 6.45) is 4.02. The number of fused-ring (bicyclic) bond motifs is 1. The molecule has 0 spiro atoms. The molecule has 0 bridgehead atoms. The van der Waals surface area contributed by atoms with E-state index in [2.05, 4.69) is 5.48 Å². The second-order valence-electron chi connectivity index (χ2n) is 6.36. The van der Waals surface area contributed by atoms with E-state index in [1.54, 1.807) is 0 Å². The Balaban J connectivity index is 1.72. The van der Waals surface area contributed by atoms with Crippen molar-refractivity contribution in [3.63, 3.8) is 0 Å². The molecule has 1 fully saturated rings. The van der Waals surface area contributed by atoms with Gasteiger partial charge in [0.1, 0.15) is 0 Å². The molecule has 0 aliphatic heterocycles. The van der Waals surface area contributed by atoms with Crippen molar-refractivity contribution in [3.8, 4) is 0 Å². The first-order valence-corrected chi connectivity index (χ1v) is 8.20. The van der Waals surface area contributed by atoms with Gasteiger partial charge in [0.05, 0.1) is 18.8 Å². The highest BCUT2D eigenvalue weighted by Gasteiger charge is 2.45. The maximum Gasteiger partial charge on any atom is 0.303 e. The zero-order valence-electron chi connectivity index (χ0n) is 13.1. The van der Waals surface area contributed by atoms with E-state index < -0.39 is 5.97 Å². The Morgan fingerprint density at radius 3 is 2.91 bits per heavy atom. The number of hydrogen-bond acceptors (Lipinski definition) is 5. The van der Waals surface area contributed by atoms with E-state index >= 15 is 0 Å². The van der Waals surface area contributed by atoms with Crippen LogP contribution in [0.1, 0.15) is 51.9 Å². The van der Waals surface area contributed by atoms with E-state index in [9.17, 15) is 15.0 Å². The number of aliphatic hydroxyl groups excluding tert-OH is 2. The minimum absolute atomic E-state index is 0.108. The smallest absolute Gasteiger partial charge is 0.303 e. The quantitative estimate of drug-likeness (QED) is 0.361. The third kappa shape index (κ3) is 4.21. The predicted octanol–water partition coefficient (Wildman–Crippen LogP) is 1.58. The first-order chi connectivity index (χ1) is 10.5. The van der Waals surface area contributed by atoms with Gasteiger partial charge in [-0.05, 0) is 50.0 Å².